The molecule has 6 heteroatoms. The van der Waals surface area contributed by atoms with E-state index >= 15 is 0 Å². The second-order valence-corrected chi connectivity index (χ2v) is 6.86. The van der Waals surface area contributed by atoms with E-state index in [9.17, 15) is 0 Å². The number of ether oxygens (including phenoxy) is 2. The van der Waals surface area contributed by atoms with Gasteiger partial charge in [0.1, 0.15) is 0 Å². The smallest absolute Gasteiger partial charge is 0.0750 e. The van der Waals surface area contributed by atoms with Crippen LogP contribution in [0.4, 0.5) is 0 Å². The van der Waals surface area contributed by atoms with Gasteiger partial charge >= 0.3 is 0 Å². The second kappa shape index (κ2) is 9.45. The van der Waals surface area contributed by atoms with Crippen molar-refractivity contribution in [2.45, 2.75) is 44.4 Å². The Hall–Kier alpha value is -0.0300. The average molecular weight is 381 g/mol. The van der Waals surface area contributed by atoms with Crippen LogP contribution in [-0.4, -0.2) is 43.3 Å². The fourth-order valence-electron chi connectivity index (χ4n) is 3.46. The summed E-state index contributed by atoms with van der Waals surface area (Å²) in [6, 6.07) is 6.10. The lowest BCUT2D eigenvalue weighted by Crippen LogP contribution is -2.51. The zero-order valence-corrected chi connectivity index (χ0v) is 15.5. The minimum Gasteiger partial charge on any atom is -0.379 e. The largest absolute Gasteiger partial charge is 0.379 e. The third-order valence-corrected chi connectivity index (χ3v) is 5.39. The first kappa shape index (κ1) is 19.3. The summed E-state index contributed by atoms with van der Waals surface area (Å²) >= 11 is 12.5. The summed E-state index contributed by atoms with van der Waals surface area (Å²) in [6.07, 6.45) is 5.11. The van der Waals surface area contributed by atoms with Gasteiger partial charge in [0.15, 0.2) is 0 Å². The first-order valence-electron chi connectivity index (χ1n) is 8.12. The van der Waals surface area contributed by atoms with Gasteiger partial charge < -0.3 is 9.47 Å². The highest BCUT2D eigenvalue weighted by atomic mass is 35.5. The van der Waals surface area contributed by atoms with Crippen molar-refractivity contribution in [2.24, 2.45) is 0 Å². The van der Waals surface area contributed by atoms with Gasteiger partial charge in [-0.3, -0.25) is 4.90 Å². The molecule has 0 bridgehead atoms. The third-order valence-electron chi connectivity index (χ3n) is 4.69. The van der Waals surface area contributed by atoms with Crippen molar-refractivity contribution in [3.05, 3.63) is 33.8 Å². The molecule has 3 rings (SSSR count). The molecule has 2 aliphatic rings. The van der Waals surface area contributed by atoms with Crippen LogP contribution >= 0.6 is 35.6 Å². The van der Waals surface area contributed by atoms with Crippen LogP contribution < -0.4 is 0 Å². The Morgan fingerprint density at radius 3 is 2.43 bits per heavy atom. The van der Waals surface area contributed by atoms with Gasteiger partial charge in [0.05, 0.1) is 25.9 Å². The number of hydrogen-bond donors (Lipinski definition) is 0. The van der Waals surface area contributed by atoms with E-state index in [2.05, 4.69) is 4.90 Å². The minimum atomic E-state index is 0. The zero-order valence-electron chi connectivity index (χ0n) is 13.2. The number of morpholine rings is 1. The van der Waals surface area contributed by atoms with E-state index in [1.54, 1.807) is 0 Å². The van der Waals surface area contributed by atoms with E-state index in [4.69, 9.17) is 32.7 Å². The molecular weight excluding hydrogens is 357 g/mol. The Bertz CT molecular complexity index is 474. The molecule has 0 aromatic heterocycles. The maximum absolute atomic E-state index is 6.25. The zero-order chi connectivity index (χ0) is 15.4. The second-order valence-electron chi connectivity index (χ2n) is 6.05. The summed E-state index contributed by atoms with van der Waals surface area (Å²) in [4.78, 5) is 2.53. The maximum atomic E-state index is 6.25. The maximum Gasteiger partial charge on any atom is 0.0750 e. The summed E-state index contributed by atoms with van der Waals surface area (Å²) in [5, 5.41) is 1.37. The lowest BCUT2D eigenvalue weighted by molar-refractivity contribution is -0.0709. The fourth-order valence-corrected chi connectivity index (χ4v) is 3.97. The summed E-state index contributed by atoms with van der Waals surface area (Å²) in [5.41, 5.74) is 0.900. The lowest BCUT2D eigenvalue weighted by atomic mass is 9.91. The van der Waals surface area contributed by atoms with Gasteiger partial charge in [-0.25, -0.2) is 0 Å². The van der Waals surface area contributed by atoms with Crippen LogP contribution in [0.15, 0.2) is 18.2 Å². The molecule has 0 N–H and O–H groups in total. The molecule has 2 atom stereocenters. The van der Waals surface area contributed by atoms with Gasteiger partial charge in [0.25, 0.3) is 0 Å². The third kappa shape index (κ3) is 4.97. The molecular formula is C17H24Cl3NO2. The van der Waals surface area contributed by atoms with E-state index in [0.717, 1.165) is 38.3 Å². The highest BCUT2D eigenvalue weighted by Gasteiger charge is 2.31. The van der Waals surface area contributed by atoms with Crippen molar-refractivity contribution in [3.63, 3.8) is 0 Å². The molecule has 2 fully saturated rings. The van der Waals surface area contributed by atoms with Crippen molar-refractivity contribution >= 4 is 35.6 Å². The quantitative estimate of drug-likeness (QED) is 0.763. The molecule has 1 aromatic rings. The Morgan fingerprint density at radius 2 is 1.74 bits per heavy atom. The lowest BCUT2D eigenvalue weighted by Gasteiger charge is -2.41. The molecule has 23 heavy (non-hydrogen) atoms. The van der Waals surface area contributed by atoms with Crippen LogP contribution in [0.1, 0.15) is 31.2 Å². The van der Waals surface area contributed by atoms with Crippen molar-refractivity contribution in [1.29, 1.82) is 0 Å². The summed E-state index contributed by atoms with van der Waals surface area (Å²) < 4.78 is 11.7. The van der Waals surface area contributed by atoms with Gasteiger partial charge in [-0.1, -0.05) is 42.1 Å². The van der Waals surface area contributed by atoms with E-state index in [0.29, 0.717) is 22.7 Å². The Balaban J connectivity index is 0.00000192. The van der Waals surface area contributed by atoms with Crippen molar-refractivity contribution in [2.75, 3.05) is 26.3 Å². The number of halogens is 3. The standard InChI is InChI=1S/C17H23Cl2NO2.ClH/c18-14-4-3-5-15(19)13(14)12-22-17-7-2-1-6-16(17)20-8-10-21-11-9-20;/h3-5,16-17H,1-2,6-12H2;1H/t16-,17-;/m0./s1. The van der Waals surface area contributed by atoms with Crippen LogP contribution in [0.2, 0.25) is 10.0 Å². The Labute approximate surface area is 154 Å². The molecule has 1 aromatic carbocycles. The van der Waals surface area contributed by atoms with Gasteiger partial charge in [0, 0.05) is 34.7 Å². The van der Waals surface area contributed by atoms with Crippen LogP contribution in [0, 0.1) is 0 Å². The van der Waals surface area contributed by atoms with Crippen LogP contribution in [0.3, 0.4) is 0 Å². The summed E-state index contributed by atoms with van der Waals surface area (Å²) in [6.45, 7) is 4.18. The predicted molar refractivity (Wildman–Crippen MR) is 96.9 cm³/mol. The first-order chi connectivity index (χ1) is 10.8. The molecule has 1 saturated heterocycles. The normalized spacial score (nSPS) is 25.8. The Kier molecular flexibility index (Phi) is 7.93. The minimum absolute atomic E-state index is 0. The summed E-state index contributed by atoms with van der Waals surface area (Å²) in [5.74, 6) is 0. The fraction of sp³-hybridized carbons (Fsp3) is 0.647. The molecule has 3 nitrogen and oxygen atoms in total. The molecule has 1 saturated carbocycles. The van der Waals surface area contributed by atoms with Gasteiger partial charge in [-0.15, -0.1) is 12.4 Å². The molecule has 130 valence electrons. The van der Waals surface area contributed by atoms with Gasteiger partial charge in [-0.05, 0) is 25.0 Å². The van der Waals surface area contributed by atoms with E-state index < -0.39 is 0 Å². The van der Waals surface area contributed by atoms with Crippen molar-refractivity contribution < 1.29 is 9.47 Å². The highest BCUT2D eigenvalue weighted by Crippen LogP contribution is 2.30. The van der Waals surface area contributed by atoms with Crippen molar-refractivity contribution in [3.8, 4) is 0 Å². The van der Waals surface area contributed by atoms with Crippen LogP contribution in [-0.2, 0) is 16.1 Å². The first-order valence-corrected chi connectivity index (χ1v) is 8.87. The monoisotopic (exact) mass is 379 g/mol. The summed E-state index contributed by atoms with van der Waals surface area (Å²) in [7, 11) is 0. The average Bonchev–Trinajstić information content (AvgIpc) is 2.56. The predicted octanol–water partition coefficient (Wildman–Crippen LogP) is 4.58. The van der Waals surface area contributed by atoms with Gasteiger partial charge in [0.2, 0.25) is 0 Å². The molecule has 1 heterocycles. The van der Waals surface area contributed by atoms with Crippen LogP contribution in [0.5, 0.6) is 0 Å². The molecule has 0 radical (unpaired) electrons. The number of rotatable bonds is 4. The number of benzene rings is 1. The SMILES string of the molecule is Cl.Clc1cccc(Cl)c1CO[C@H]1CCCC[C@@H]1N1CCOCC1. The molecule has 1 aliphatic heterocycles. The van der Waals surface area contributed by atoms with Crippen LogP contribution in [0.25, 0.3) is 0 Å². The van der Waals surface area contributed by atoms with E-state index in [1.165, 1.54) is 19.3 Å². The van der Waals surface area contributed by atoms with Gasteiger partial charge in [-0.2, -0.15) is 0 Å². The van der Waals surface area contributed by atoms with Crippen molar-refractivity contribution in [1.82, 2.24) is 4.90 Å². The number of hydrogen-bond acceptors (Lipinski definition) is 3. The topological polar surface area (TPSA) is 21.7 Å². The van der Waals surface area contributed by atoms with E-state index in [1.807, 2.05) is 18.2 Å². The molecule has 0 spiro atoms. The highest BCUT2D eigenvalue weighted by molar-refractivity contribution is 6.35. The Morgan fingerprint density at radius 1 is 1.09 bits per heavy atom. The van der Waals surface area contributed by atoms with E-state index in [-0.39, 0.29) is 18.5 Å². The molecule has 1 aliphatic carbocycles. The molecule has 0 amide bonds. The molecule has 0 unspecified atom stereocenters. The number of nitrogens with zero attached hydrogens (tertiary/aromatic N) is 1.